The van der Waals surface area contributed by atoms with Crippen LogP contribution in [0.3, 0.4) is 0 Å². The zero-order valence-electron chi connectivity index (χ0n) is 9.25. The fourth-order valence-electron chi connectivity index (χ4n) is 1.51. The molecule has 0 amide bonds. The second-order valence-corrected chi connectivity index (χ2v) is 4.57. The monoisotopic (exact) mass is 248 g/mol. The normalized spacial score (nSPS) is 12.1. The van der Waals surface area contributed by atoms with Crippen LogP contribution >= 0.6 is 11.3 Å². The minimum atomic E-state index is -0.973. The Morgan fingerprint density at radius 3 is 2.94 bits per heavy atom. The Balaban J connectivity index is 2.21. The van der Waals surface area contributed by atoms with E-state index >= 15 is 0 Å². The molecule has 17 heavy (non-hydrogen) atoms. The Bertz CT molecular complexity index is 511. The second kappa shape index (κ2) is 4.97. The molecule has 1 unspecified atom stereocenters. The van der Waals surface area contributed by atoms with Gasteiger partial charge in [-0.25, -0.2) is 9.78 Å². The van der Waals surface area contributed by atoms with Crippen LogP contribution < -0.4 is 5.32 Å². The molecular weight excluding hydrogens is 236 g/mol. The van der Waals surface area contributed by atoms with Crippen LogP contribution in [0.5, 0.6) is 0 Å². The van der Waals surface area contributed by atoms with E-state index in [-0.39, 0.29) is 11.6 Å². The third kappa shape index (κ3) is 2.62. The number of pyridine rings is 1. The molecule has 0 fully saturated rings. The van der Waals surface area contributed by atoms with Crippen LogP contribution in [0, 0.1) is 0 Å². The predicted molar refractivity (Wildman–Crippen MR) is 67.6 cm³/mol. The number of aromatic nitrogens is 1. The van der Waals surface area contributed by atoms with Gasteiger partial charge in [-0.2, -0.15) is 0 Å². The number of carbonyl (C=O) groups is 1. The molecule has 0 spiro atoms. The van der Waals surface area contributed by atoms with E-state index < -0.39 is 5.97 Å². The quantitative estimate of drug-likeness (QED) is 0.873. The van der Waals surface area contributed by atoms with Crippen LogP contribution in [0.15, 0.2) is 35.8 Å². The van der Waals surface area contributed by atoms with Crippen molar-refractivity contribution < 1.29 is 9.90 Å². The number of thiophene rings is 1. The lowest BCUT2D eigenvalue weighted by atomic mass is 10.2. The third-order valence-electron chi connectivity index (χ3n) is 2.36. The van der Waals surface area contributed by atoms with Crippen LogP contribution in [-0.4, -0.2) is 16.1 Å². The maximum absolute atomic E-state index is 11.0. The fourth-order valence-corrected chi connectivity index (χ4v) is 2.24. The van der Waals surface area contributed by atoms with Gasteiger partial charge in [-0.05, 0) is 30.5 Å². The molecule has 0 aromatic carbocycles. The van der Waals surface area contributed by atoms with Crippen molar-refractivity contribution in [2.45, 2.75) is 13.0 Å². The molecule has 2 rings (SSSR count). The molecular formula is C12H12N2O2S. The van der Waals surface area contributed by atoms with E-state index in [9.17, 15) is 4.79 Å². The first-order chi connectivity index (χ1) is 8.18. The number of nitrogens with zero attached hydrogens (tertiary/aromatic N) is 1. The van der Waals surface area contributed by atoms with E-state index in [4.69, 9.17) is 5.11 Å². The topological polar surface area (TPSA) is 62.2 Å². The van der Waals surface area contributed by atoms with E-state index in [0.29, 0.717) is 5.82 Å². The van der Waals surface area contributed by atoms with E-state index in [1.54, 1.807) is 29.7 Å². The van der Waals surface area contributed by atoms with Crippen LogP contribution in [0.25, 0.3) is 0 Å². The van der Waals surface area contributed by atoms with Gasteiger partial charge in [0.2, 0.25) is 0 Å². The molecule has 0 aliphatic heterocycles. The summed E-state index contributed by atoms with van der Waals surface area (Å²) in [6, 6.07) is 7.17. The van der Waals surface area contributed by atoms with Crippen molar-refractivity contribution >= 4 is 23.1 Å². The number of aromatic carboxylic acids is 1. The lowest BCUT2D eigenvalue weighted by Crippen LogP contribution is -2.11. The zero-order chi connectivity index (χ0) is 12.3. The predicted octanol–water partition coefficient (Wildman–Crippen LogP) is 3.01. The maximum atomic E-state index is 11.0. The molecule has 0 aliphatic carbocycles. The number of anilines is 1. The molecule has 0 radical (unpaired) electrons. The summed E-state index contributed by atoms with van der Waals surface area (Å²) in [5.74, 6) is -0.570. The fraction of sp³-hybridized carbons (Fsp3) is 0.167. The van der Waals surface area contributed by atoms with E-state index in [1.165, 1.54) is 0 Å². The van der Waals surface area contributed by atoms with Gasteiger partial charge in [-0.1, -0.05) is 6.07 Å². The maximum Gasteiger partial charge on any atom is 0.339 e. The highest BCUT2D eigenvalue weighted by atomic mass is 32.1. The molecule has 2 aromatic heterocycles. The average molecular weight is 248 g/mol. The van der Waals surface area contributed by atoms with Crippen molar-refractivity contribution in [3.05, 3.63) is 46.3 Å². The summed E-state index contributed by atoms with van der Waals surface area (Å²) < 4.78 is 0. The summed E-state index contributed by atoms with van der Waals surface area (Å²) in [5.41, 5.74) is 0.191. The van der Waals surface area contributed by atoms with Crippen LogP contribution in [0.1, 0.15) is 28.2 Å². The molecule has 2 heterocycles. The largest absolute Gasteiger partial charge is 0.478 e. The molecule has 88 valence electrons. The Morgan fingerprint density at radius 1 is 1.47 bits per heavy atom. The number of carboxylic acid groups (broad SMARTS) is 1. The van der Waals surface area contributed by atoms with Crippen LogP contribution in [-0.2, 0) is 0 Å². The molecule has 5 heteroatoms. The number of rotatable bonds is 4. The van der Waals surface area contributed by atoms with Crippen molar-refractivity contribution in [3.63, 3.8) is 0 Å². The summed E-state index contributed by atoms with van der Waals surface area (Å²) in [5, 5.41) is 14.1. The average Bonchev–Trinajstić information content (AvgIpc) is 2.83. The highest BCUT2D eigenvalue weighted by Crippen LogP contribution is 2.23. The van der Waals surface area contributed by atoms with E-state index in [0.717, 1.165) is 4.88 Å². The molecule has 0 saturated carbocycles. The number of hydrogen-bond donors (Lipinski definition) is 2. The van der Waals surface area contributed by atoms with Gasteiger partial charge in [0.05, 0.1) is 6.04 Å². The zero-order valence-corrected chi connectivity index (χ0v) is 10.1. The van der Waals surface area contributed by atoms with Gasteiger partial charge in [0.25, 0.3) is 0 Å². The summed E-state index contributed by atoms with van der Waals surface area (Å²) in [7, 11) is 0. The molecule has 2 aromatic rings. The molecule has 2 N–H and O–H groups in total. The number of nitrogens with one attached hydrogen (secondary N) is 1. The van der Waals surface area contributed by atoms with E-state index in [1.807, 2.05) is 24.4 Å². The lowest BCUT2D eigenvalue weighted by molar-refractivity contribution is 0.0697. The summed E-state index contributed by atoms with van der Waals surface area (Å²) in [6.45, 7) is 1.98. The van der Waals surface area contributed by atoms with Crippen molar-refractivity contribution in [3.8, 4) is 0 Å². The second-order valence-electron chi connectivity index (χ2n) is 3.59. The Morgan fingerprint density at radius 2 is 2.29 bits per heavy atom. The van der Waals surface area contributed by atoms with E-state index in [2.05, 4.69) is 10.3 Å². The summed E-state index contributed by atoms with van der Waals surface area (Å²) in [6.07, 6.45) is 1.58. The summed E-state index contributed by atoms with van der Waals surface area (Å²) in [4.78, 5) is 16.2. The van der Waals surface area contributed by atoms with Crippen molar-refractivity contribution in [1.82, 2.24) is 4.98 Å². The first-order valence-electron chi connectivity index (χ1n) is 5.16. The van der Waals surface area contributed by atoms with Gasteiger partial charge >= 0.3 is 5.97 Å². The molecule has 0 aliphatic rings. The van der Waals surface area contributed by atoms with Crippen molar-refractivity contribution in [2.75, 3.05) is 5.32 Å². The van der Waals surface area contributed by atoms with Crippen LogP contribution in [0.2, 0.25) is 0 Å². The molecule has 1 atom stereocenters. The van der Waals surface area contributed by atoms with Gasteiger partial charge < -0.3 is 10.4 Å². The first kappa shape index (κ1) is 11.6. The van der Waals surface area contributed by atoms with Gasteiger partial charge in [0.1, 0.15) is 11.4 Å². The Kier molecular flexibility index (Phi) is 3.39. The van der Waals surface area contributed by atoms with Crippen LogP contribution in [0.4, 0.5) is 5.82 Å². The summed E-state index contributed by atoms with van der Waals surface area (Å²) >= 11 is 1.63. The Labute approximate surface area is 103 Å². The Hall–Kier alpha value is -1.88. The van der Waals surface area contributed by atoms with Gasteiger partial charge in [-0.3, -0.25) is 0 Å². The smallest absolute Gasteiger partial charge is 0.339 e. The van der Waals surface area contributed by atoms with Gasteiger partial charge in [0, 0.05) is 11.1 Å². The van der Waals surface area contributed by atoms with Crippen molar-refractivity contribution in [1.29, 1.82) is 0 Å². The molecule has 0 bridgehead atoms. The standard InChI is InChI=1S/C12H12N2O2S/c1-8(10-5-3-7-17-10)14-11-9(12(15)16)4-2-6-13-11/h2-8H,1H3,(H,13,14)(H,15,16). The number of hydrogen-bond acceptors (Lipinski definition) is 4. The molecule has 0 saturated heterocycles. The van der Waals surface area contributed by atoms with Gasteiger partial charge in [-0.15, -0.1) is 11.3 Å². The molecule has 4 nitrogen and oxygen atoms in total. The lowest BCUT2D eigenvalue weighted by Gasteiger charge is -2.14. The highest BCUT2D eigenvalue weighted by Gasteiger charge is 2.13. The third-order valence-corrected chi connectivity index (χ3v) is 3.42. The van der Waals surface area contributed by atoms with Gasteiger partial charge in [0.15, 0.2) is 0 Å². The first-order valence-corrected chi connectivity index (χ1v) is 6.04. The number of carboxylic acids is 1. The minimum Gasteiger partial charge on any atom is -0.478 e. The SMILES string of the molecule is CC(Nc1ncccc1C(=O)O)c1cccs1. The minimum absolute atomic E-state index is 0.0444. The highest BCUT2D eigenvalue weighted by molar-refractivity contribution is 7.10. The van der Waals surface area contributed by atoms with Crippen molar-refractivity contribution in [2.24, 2.45) is 0 Å².